The van der Waals surface area contributed by atoms with Gasteiger partial charge in [-0.05, 0) is 42.4 Å². The summed E-state index contributed by atoms with van der Waals surface area (Å²) in [7, 11) is 1.62. The van der Waals surface area contributed by atoms with Crippen molar-refractivity contribution in [3.8, 4) is 5.75 Å². The van der Waals surface area contributed by atoms with Crippen LogP contribution < -0.4 is 15.4 Å². The minimum atomic E-state index is -0.847. The van der Waals surface area contributed by atoms with Crippen molar-refractivity contribution < 1.29 is 19.4 Å². The predicted molar refractivity (Wildman–Crippen MR) is 88.0 cm³/mol. The molecule has 130 valence electrons. The number of benzene rings is 1. The van der Waals surface area contributed by atoms with Gasteiger partial charge in [-0.1, -0.05) is 12.1 Å². The van der Waals surface area contributed by atoms with Crippen LogP contribution in [0.2, 0.25) is 0 Å². The van der Waals surface area contributed by atoms with E-state index in [1.54, 1.807) is 7.11 Å². The molecule has 0 atom stereocenters. The van der Waals surface area contributed by atoms with E-state index in [9.17, 15) is 9.59 Å². The number of urea groups is 1. The van der Waals surface area contributed by atoms with Gasteiger partial charge >= 0.3 is 12.1 Å². The van der Waals surface area contributed by atoms with Gasteiger partial charge in [-0.15, -0.1) is 0 Å². The summed E-state index contributed by atoms with van der Waals surface area (Å²) in [5.41, 5.74) is 1.08. The van der Waals surface area contributed by atoms with Crippen molar-refractivity contribution >= 4 is 12.1 Å². The van der Waals surface area contributed by atoms with E-state index in [-0.39, 0.29) is 17.5 Å². The number of carbonyl (C=O) groups excluding carboxylic acids is 1. The van der Waals surface area contributed by atoms with Crippen LogP contribution >= 0.6 is 0 Å². The number of hydrogen-bond donors (Lipinski definition) is 3. The summed E-state index contributed by atoms with van der Waals surface area (Å²) < 4.78 is 5.10. The molecule has 2 aliphatic rings. The van der Waals surface area contributed by atoms with Crippen molar-refractivity contribution in [1.29, 1.82) is 0 Å². The van der Waals surface area contributed by atoms with Gasteiger partial charge in [0.25, 0.3) is 0 Å². The van der Waals surface area contributed by atoms with Crippen LogP contribution in [0.15, 0.2) is 24.3 Å². The highest BCUT2D eigenvalue weighted by atomic mass is 16.5. The predicted octanol–water partition coefficient (Wildman–Crippen LogP) is 2.03. The normalized spacial score (nSPS) is 25.2. The van der Waals surface area contributed by atoms with Gasteiger partial charge in [0.2, 0.25) is 0 Å². The monoisotopic (exact) mass is 333 g/mol. The summed E-state index contributed by atoms with van der Waals surface area (Å²) in [6.07, 6.45) is 1.75. The number of rotatable bonds is 4. The van der Waals surface area contributed by atoms with Crippen LogP contribution in [0, 0.1) is 5.41 Å². The highest BCUT2D eigenvalue weighted by molar-refractivity contribution is 5.74. The smallest absolute Gasteiger partial charge is 0.407 e. The first-order valence-corrected chi connectivity index (χ1v) is 8.15. The fourth-order valence-corrected chi connectivity index (χ4v) is 3.68. The van der Waals surface area contributed by atoms with Gasteiger partial charge in [0.05, 0.1) is 7.11 Å². The molecule has 0 unspecified atom stereocenters. The maximum absolute atomic E-state index is 12.0. The summed E-state index contributed by atoms with van der Waals surface area (Å²) in [4.78, 5) is 24.4. The lowest BCUT2D eigenvalue weighted by Crippen LogP contribution is -2.54. The standard InChI is InChI=1S/C17H23N3O4/c1-24-14-4-2-12(3-5-14)10-18-15(21)19-13-8-17(9-13)6-7-20(11-17)16(22)23/h2-5,13H,6-11H2,1H3,(H,22,23)(H2,18,19,21)/t13-,17+. The second kappa shape index (κ2) is 6.59. The summed E-state index contributed by atoms with van der Waals surface area (Å²) in [5, 5.41) is 14.8. The molecule has 3 amide bonds. The maximum atomic E-state index is 12.0. The minimum absolute atomic E-state index is 0.0757. The third kappa shape index (κ3) is 3.55. The molecule has 1 heterocycles. The van der Waals surface area contributed by atoms with E-state index in [2.05, 4.69) is 10.6 Å². The molecule has 1 aliphatic heterocycles. The quantitative estimate of drug-likeness (QED) is 0.786. The second-order valence-electron chi connectivity index (χ2n) is 6.73. The molecule has 7 nitrogen and oxygen atoms in total. The molecule has 2 fully saturated rings. The van der Waals surface area contributed by atoms with E-state index in [4.69, 9.17) is 9.84 Å². The van der Waals surface area contributed by atoms with Gasteiger partial charge in [0, 0.05) is 25.7 Å². The van der Waals surface area contributed by atoms with Gasteiger partial charge in [-0.2, -0.15) is 0 Å². The fourth-order valence-electron chi connectivity index (χ4n) is 3.68. The first kappa shape index (κ1) is 16.4. The maximum Gasteiger partial charge on any atom is 0.407 e. The number of carboxylic acid groups (broad SMARTS) is 1. The van der Waals surface area contributed by atoms with E-state index in [0.717, 1.165) is 30.6 Å². The Morgan fingerprint density at radius 3 is 2.62 bits per heavy atom. The summed E-state index contributed by atoms with van der Waals surface area (Å²) >= 11 is 0. The van der Waals surface area contributed by atoms with Crippen LogP contribution in [-0.2, 0) is 6.54 Å². The number of carbonyl (C=O) groups is 2. The molecule has 0 radical (unpaired) electrons. The van der Waals surface area contributed by atoms with E-state index in [1.165, 1.54) is 4.90 Å². The first-order valence-electron chi connectivity index (χ1n) is 8.15. The second-order valence-corrected chi connectivity index (χ2v) is 6.73. The van der Waals surface area contributed by atoms with E-state index >= 15 is 0 Å². The molecule has 0 bridgehead atoms. The third-order valence-corrected chi connectivity index (χ3v) is 5.02. The van der Waals surface area contributed by atoms with Crippen molar-refractivity contribution in [3.05, 3.63) is 29.8 Å². The molecule has 0 aromatic heterocycles. The van der Waals surface area contributed by atoms with Crippen molar-refractivity contribution in [2.75, 3.05) is 20.2 Å². The van der Waals surface area contributed by atoms with Crippen molar-refractivity contribution in [1.82, 2.24) is 15.5 Å². The van der Waals surface area contributed by atoms with Gasteiger partial charge in [-0.25, -0.2) is 9.59 Å². The molecule has 1 saturated carbocycles. The molecule has 3 rings (SSSR count). The van der Waals surface area contributed by atoms with Crippen LogP contribution in [0.5, 0.6) is 5.75 Å². The first-order chi connectivity index (χ1) is 11.5. The molecule has 3 N–H and O–H groups in total. The molecular weight excluding hydrogens is 310 g/mol. The van der Waals surface area contributed by atoms with Crippen LogP contribution in [0.1, 0.15) is 24.8 Å². The molecule has 1 spiro atoms. The third-order valence-electron chi connectivity index (χ3n) is 5.02. The van der Waals surface area contributed by atoms with Gasteiger partial charge in [0.1, 0.15) is 5.75 Å². The number of ether oxygens (including phenoxy) is 1. The average molecular weight is 333 g/mol. The molecular formula is C17H23N3O4. The van der Waals surface area contributed by atoms with Crippen LogP contribution in [-0.4, -0.2) is 48.4 Å². The molecule has 24 heavy (non-hydrogen) atoms. The van der Waals surface area contributed by atoms with Gasteiger partial charge < -0.3 is 25.4 Å². The fraction of sp³-hybridized carbons (Fsp3) is 0.529. The Balaban J connectivity index is 1.38. The lowest BCUT2D eigenvalue weighted by molar-refractivity contribution is 0.0899. The Kier molecular flexibility index (Phi) is 4.51. The zero-order chi connectivity index (χ0) is 17.2. The highest BCUT2D eigenvalue weighted by Crippen LogP contribution is 2.48. The van der Waals surface area contributed by atoms with E-state index < -0.39 is 6.09 Å². The largest absolute Gasteiger partial charge is 0.497 e. The van der Waals surface area contributed by atoms with E-state index in [1.807, 2.05) is 24.3 Å². The number of amides is 3. The van der Waals surface area contributed by atoms with Gasteiger partial charge in [0.15, 0.2) is 0 Å². The Morgan fingerprint density at radius 2 is 2.04 bits per heavy atom. The Hall–Kier alpha value is -2.44. The van der Waals surface area contributed by atoms with Crippen molar-refractivity contribution in [2.45, 2.75) is 31.8 Å². The molecule has 1 aromatic rings. The Labute approximate surface area is 141 Å². The number of nitrogens with one attached hydrogen (secondary N) is 2. The summed E-state index contributed by atoms with van der Waals surface area (Å²) in [6, 6.07) is 7.50. The average Bonchev–Trinajstić information content (AvgIpc) is 2.99. The lowest BCUT2D eigenvalue weighted by atomic mass is 9.65. The summed E-state index contributed by atoms with van der Waals surface area (Å²) in [5.74, 6) is 0.787. The molecule has 1 saturated heterocycles. The topological polar surface area (TPSA) is 90.9 Å². The zero-order valence-electron chi connectivity index (χ0n) is 13.7. The Bertz CT molecular complexity index is 611. The number of hydrogen-bond acceptors (Lipinski definition) is 3. The Morgan fingerprint density at radius 1 is 1.33 bits per heavy atom. The molecule has 7 heteroatoms. The summed E-state index contributed by atoms with van der Waals surface area (Å²) in [6.45, 7) is 1.65. The van der Waals surface area contributed by atoms with Crippen molar-refractivity contribution in [2.24, 2.45) is 5.41 Å². The number of methoxy groups -OCH3 is 1. The zero-order valence-corrected chi connectivity index (χ0v) is 13.7. The number of nitrogens with zero attached hydrogens (tertiary/aromatic N) is 1. The highest BCUT2D eigenvalue weighted by Gasteiger charge is 2.49. The molecule has 1 aromatic carbocycles. The van der Waals surface area contributed by atoms with Crippen LogP contribution in [0.25, 0.3) is 0 Å². The minimum Gasteiger partial charge on any atom is -0.497 e. The van der Waals surface area contributed by atoms with Crippen LogP contribution in [0.3, 0.4) is 0 Å². The SMILES string of the molecule is COc1ccc(CNC(=O)N[C@H]2C[C@]3(CCN(C(=O)O)C3)C2)cc1. The van der Waals surface area contributed by atoms with E-state index in [0.29, 0.717) is 19.6 Å². The lowest BCUT2D eigenvalue weighted by Gasteiger charge is -2.45. The van der Waals surface area contributed by atoms with Crippen molar-refractivity contribution in [3.63, 3.8) is 0 Å². The van der Waals surface area contributed by atoms with Gasteiger partial charge in [-0.3, -0.25) is 0 Å². The van der Waals surface area contributed by atoms with Crippen LogP contribution in [0.4, 0.5) is 9.59 Å². The molecule has 1 aliphatic carbocycles. The number of likely N-dealkylation sites (tertiary alicyclic amines) is 1.